The Bertz CT molecular complexity index is 55.2. The van der Waals surface area contributed by atoms with Crippen molar-refractivity contribution in [2.24, 2.45) is 0 Å². The second-order valence-electron chi connectivity index (χ2n) is 2.48. The third-order valence-electron chi connectivity index (χ3n) is 1.62. The Labute approximate surface area is 45.3 Å². The van der Waals surface area contributed by atoms with E-state index in [1.165, 1.54) is 19.5 Å². The third-order valence-corrected chi connectivity index (χ3v) is 1.62. The van der Waals surface area contributed by atoms with Crippen molar-refractivity contribution >= 4 is 0 Å². The maximum Gasteiger partial charge on any atom is 0.00386 e. The first-order chi connectivity index (χ1) is 3.30. The predicted octanol–water partition coefficient (Wildman–Crippen LogP) is 1.10. The molecule has 42 valence electrons. The quantitative estimate of drug-likeness (QED) is 0.476. The molecule has 1 rings (SSSR count). The van der Waals surface area contributed by atoms with E-state index in [1.807, 2.05) is 0 Å². The van der Waals surface area contributed by atoms with Crippen molar-refractivity contribution in [1.82, 2.24) is 4.90 Å². The molecule has 0 saturated carbocycles. The van der Waals surface area contributed by atoms with E-state index in [1.54, 1.807) is 0 Å². The van der Waals surface area contributed by atoms with E-state index in [0.29, 0.717) is 0 Å². The minimum Gasteiger partial charge on any atom is -0.301 e. The molecule has 1 fully saturated rings. The van der Waals surface area contributed by atoms with E-state index in [2.05, 4.69) is 18.7 Å². The molecule has 0 aromatic rings. The minimum absolute atomic E-state index is 0.786. The lowest BCUT2D eigenvalue weighted by Crippen LogP contribution is -2.41. The fraction of sp³-hybridized carbons (Fsp3) is 1.00. The Morgan fingerprint density at radius 3 is 1.86 bits per heavy atom. The van der Waals surface area contributed by atoms with E-state index < -0.39 is 0 Å². The molecule has 0 radical (unpaired) electrons. The van der Waals surface area contributed by atoms with E-state index >= 15 is 0 Å². The van der Waals surface area contributed by atoms with Crippen molar-refractivity contribution in [3.8, 4) is 0 Å². The molecular weight excluding hydrogens is 86.1 g/mol. The van der Waals surface area contributed by atoms with E-state index in [4.69, 9.17) is 0 Å². The first-order valence-corrected chi connectivity index (χ1v) is 3.05. The van der Waals surface area contributed by atoms with Crippen LogP contribution in [0.1, 0.15) is 20.3 Å². The molecule has 1 saturated heterocycles. The van der Waals surface area contributed by atoms with Crippen LogP contribution in [0.25, 0.3) is 0 Å². The van der Waals surface area contributed by atoms with Gasteiger partial charge in [0.05, 0.1) is 0 Å². The number of hydrogen-bond donors (Lipinski definition) is 0. The predicted molar refractivity (Wildman–Crippen MR) is 31.3 cm³/mol. The number of likely N-dealkylation sites (tertiary alicyclic amines) is 1. The zero-order valence-corrected chi connectivity index (χ0v) is 5.15. The lowest BCUT2D eigenvalue weighted by atomic mass is 10.2. The summed E-state index contributed by atoms with van der Waals surface area (Å²) >= 11 is 0. The zero-order chi connectivity index (χ0) is 5.28. The number of nitrogens with zero attached hydrogens (tertiary/aromatic N) is 1. The van der Waals surface area contributed by atoms with Gasteiger partial charge >= 0.3 is 0 Å². The van der Waals surface area contributed by atoms with Gasteiger partial charge in [0.15, 0.2) is 0 Å². The normalized spacial score (nSPS) is 22.7. The topological polar surface area (TPSA) is 3.24 Å². The highest BCUT2D eigenvalue weighted by atomic mass is 15.2. The van der Waals surface area contributed by atoms with Gasteiger partial charge in [0.1, 0.15) is 0 Å². The Hall–Kier alpha value is -0.0400. The van der Waals surface area contributed by atoms with Crippen molar-refractivity contribution < 1.29 is 0 Å². The molecule has 1 aliphatic heterocycles. The molecule has 0 N–H and O–H groups in total. The first kappa shape index (κ1) is 5.10. The maximum atomic E-state index is 2.47. The Morgan fingerprint density at radius 2 is 1.86 bits per heavy atom. The largest absolute Gasteiger partial charge is 0.301 e. The molecule has 1 heterocycles. The molecule has 0 spiro atoms. The summed E-state index contributed by atoms with van der Waals surface area (Å²) in [5, 5.41) is 0. The van der Waals surface area contributed by atoms with Crippen molar-refractivity contribution in [2.45, 2.75) is 26.3 Å². The smallest absolute Gasteiger partial charge is 0.00386 e. The van der Waals surface area contributed by atoms with E-state index in [-0.39, 0.29) is 0 Å². The molecule has 1 aliphatic rings. The summed E-state index contributed by atoms with van der Waals surface area (Å²) in [6, 6.07) is 0.786. The zero-order valence-electron chi connectivity index (χ0n) is 5.15. The van der Waals surface area contributed by atoms with Gasteiger partial charge in [-0.1, -0.05) is 0 Å². The average molecular weight is 99.2 g/mol. The van der Waals surface area contributed by atoms with Gasteiger partial charge in [0.2, 0.25) is 0 Å². The van der Waals surface area contributed by atoms with Crippen LogP contribution >= 0.6 is 0 Å². The van der Waals surface area contributed by atoms with Crippen molar-refractivity contribution in [2.75, 3.05) is 13.1 Å². The molecule has 0 aromatic heterocycles. The van der Waals surface area contributed by atoms with Gasteiger partial charge < -0.3 is 4.90 Å². The Morgan fingerprint density at radius 1 is 1.29 bits per heavy atom. The van der Waals surface area contributed by atoms with Gasteiger partial charge in [-0.2, -0.15) is 0 Å². The summed E-state index contributed by atoms with van der Waals surface area (Å²) in [4.78, 5) is 2.47. The van der Waals surface area contributed by atoms with Crippen LogP contribution in [0.15, 0.2) is 0 Å². The molecule has 0 amide bonds. The van der Waals surface area contributed by atoms with Crippen LogP contribution in [0.4, 0.5) is 0 Å². The highest BCUT2D eigenvalue weighted by Gasteiger charge is 2.15. The van der Waals surface area contributed by atoms with Crippen LogP contribution in [-0.4, -0.2) is 24.0 Å². The third kappa shape index (κ3) is 0.942. The molecule has 0 unspecified atom stereocenters. The Kier molecular flexibility index (Phi) is 1.33. The van der Waals surface area contributed by atoms with Gasteiger partial charge in [-0.3, -0.25) is 0 Å². The summed E-state index contributed by atoms with van der Waals surface area (Å²) in [5.41, 5.74) is 0. The van der Waals surface area contributed by atoms with Gasteiger partial charge in [0.25, 0.3) is 0 Å². The molecule has 0 bridgehead atoms. The summed E-state index contributed by atoms with van der Waals surface area (Å²) < 4.78 is 0. The molecule has 0 aromatic carbocycles. The lowest BCUT2D eigenvalue weighted by Gasteiger charge is -2.34. The van der Waals surface area contributed by atoms with Gasteiger partial charge in [-0.05, 0) is 33.4 Å². The fourth-order valence-electron chi connectivity index (χ4n) is 0.857. The summed E-state index contributed by atoms with van der Waals surface area (Å²) in [5.74, 6) is 0. The van der Waals surface area contributed by atoms with Crippen LogP contribution in [0, 0.1) is 0 Å². The van der Waals surface area contributed by atoms with E-state index in [9.17, 15) is 0 Å². The van der Waals surface area contributed by atoms with Crippen LogP contribution < -0.4 is 0 Å². The highest BCUT2D eigenvalue weighted by molar-refractivity contribution is 4.71. The van der Waals surface area contributed by atoms with E-state index in [0.717, 1.165) is 6.04 Å². The standard InChI is InChI=1S/C6H13N/c1-6(2)7-4-3-5-7/h6H,3-5H2,1-2H3. The SMILES string of the molecule is CC(C)N1CCC1. The maximum absolute atomic E-state index is 2.47. The van der Waals surface area contributed by atoms with Crippen molar-refractivity contribution in [3.05, 3.63) is 0 Å². The molecule has 0 aliphatic carbocycles. The van der Waals surface area contributed by atoms with Crippen LogP contribution in [0.5, 0.6) is 0 Å². The average Bonchev–Trinajstić information content (AvgIpc) is 1.23. The second kappa shape index (κ2) is 1.83. The molecule has 7 heavy (non-hydrogen) atoms. The van der Waals surface area contributed by atoms with Crippen LogP contribution in [-0.2, 0) is 0 Å². The van der Waals surface area contributed by atoms with Crippen molar-refractivity contribution in [1.29, 1.82) is 0 Å². The van der Waals surface area contributed by atoms with Gasteiger partial charge in [-0.25, -0.2) is 0 Å². The first-order valence-electron chi connectivity index (χ1n) is 3.05. The van der Waals surface area contributed by atoms with Crippen LogP contribution in [0.3, 0.4) is 0 Å². The van der Waals surface area contributed by atoms with Crippen molar-refractivity contribution in [3.63, 3.8) is 0 Å². The van der Waals surface area contributed by atoms with Gasteiger partial charge in [0, 0.05) is 6.04 Å². The second-order valence-corrected chi connectivity index (χ2v) is 2.48. The molecule has 1 nitrogen and oxygen atoms in total. The fourth-order valence-corrected chi connectivity index (χ4v) is 0.857. The highest BCUT2D eigenvalue weighted by Crippen LogP contribution is 2.08. The molecular formula is C6H13N. The summed E-state index contributed by atoms with van der Waals surface area (Å²) in [6.07, 6.45) is 1.41. The number of hydrogen-bond acceptors (Lipinski definition) is 1. The Balaban J connectivity index is 2.14. The monoisotopic (exact) mass is 99.1 g/mol. The van der Waals surface area contributed by atoms with Gasteiger partial charge in [-0.15, -0.1) is 0 Å². The lowest BCUT2D eigenvalue weighted by molar-refractivity contribution is 0.138. The molecule has 1 heteroatoms. The molecule has 0 atom stereocenters. The summed E-state index contributed by atoms with van der Waals surface area (Å²) in [6.45, 7) is 7.16. The van der Waals surface area contributed by atoms with Crippen LogP contribution in [0.2, 0.25) is 0 Å². The number of rotatable bonds is 1. The minimum atomic E-state index is 0.786. The summed E-state index contributed by atoms with van der Waals surface area (Å²) in [7, 11) is 0.